The zero-order valence-corrected chi connectivity index (χ0v) is 13.6. The Morgan fingerprint density at radius 3 is 2.86 bits per heavy atom. The van der Waals surface area contributed by atoms with Crippen LogP contribution >= 0.6 is 23.2 Å². The van der Waals surface area contributed by atoms with E-state index < -0.39 is 0 Å². The van der Waals surface area contributed by atoms with Crippen molar-refractivity contribution < 1.29 is 4.74 Å². The number of hydrogen-bond acceptors (Lipinski definition) is 2. The summed E-state index contributed by atoms with van der Waals surface area (Å²) in [6.07, 6.45) is 5.40. The summed E-state index contributed by atoms with van der Waals surface area (Å²) in [6.45, 7) is 3.07. The molecular weight excluding hydrogens is 305 g/mol. The van der Waals surface area contributed by atoms with Gasteiger partial charge in [-0.25, -0.2) is 0 Å². The van der Waals surface area contributed by atoms with E-state index in [1.807, 2.05) is 6.07 Å². The van der Waals surface area contributed by atoms with Gasteiger partial charge < -0.3 is 10.1 Å². The van der Waals surface area contributed by atoms with E-state index in [9.17, 15) is 0 Å². The largest absolute Gasteiger partial charge is 0.378 e. The second-order valence-corrected chi connectivity index (χ2v) is 7.77. The van der Waals surface area contributed by atoms with Crippen LogP contribution in [-0.4, -0.2) is 25.8 Å². The van der Waals surface area contributed by atoms with Crippen LogP contribution in [0.4, 0.5) is 0 Å². The van der Waals surface area contributed by atoms with Crippen LogP contribution in [0.1, 0.15) is 31.2 Å². The number of rotatable bonds is 4. The molecule has 1 unspecified atom stereocenters. The van der Waals surface area contributed by atoms with Crippen LogP contribution in [0.15, 0.2) is 18.2 Å². The first-order chi connectivity index (χ1) is 10.2. The highest BCUT2D eigenvalue weighted by molar-refractivity contribution is 6.42. The van der Waals surface area contributed by atoms with Crippen LogP contribution < -0.4 is 5.32 Å². The highest BCUT2D eigenvalue weighted by atomic mass is 35.5. The Kier molecular flexibility index (Phi) is 3.69. The lowest BCUT2D eigenvalue weighted by Gasteiger charge is -2.29. The SMILES string of the molecule is Clc1ccc([C@]23CNCC2C[C@@H](OCC2CC2)C3)cc1Cl. The molecular formula is C17H21Cl2NO. The van der Waals surface area contributed by atoms with Crippen molar-refractivity contribution in [2.24, 2.45) is 11.8 Å². The lowest BCUT2D eigenvalue weighted by Crippen LogP contribution is -2.31. The Morgan fingerprint density at radius 1 is 1.24 bits per heavy atom. The number of benzene rings is 1. The van der Waals surface area contributed by atoms with E-state index >= 15 is 0 Å². The van der Waals surface area contributed by atoms with E-state index in [1.54, 1.807) is 0 Å². The van der Waals surface area contributed by atoms with E-state index in [-0.39, 0.29) is 5.41 Å². The van der Waals surface area contributed by atoms with Gasteiger partial charge in [-0.15, -0.1) is 0 Å². The molecule has 3 aliphatic rings. The predicted molar refractivity (Wildman–Crippen MR) is 86.2 cm³/mol. The second-order valence-electron chi connectivity index (χ2n) is 6.95. The van der Waals surface area contributed by atoms with Gasteiger partial charge >= 0.3 is 0 Å². The minimum absolute atomic E-state index is 0.183. The molecule has 3 fully saturated rings. The smallest absolute Gasteiger partial charge is 0.0595 e. The van der Waals surface area contributed by atoms with Crippen molar-refractivity contribution in [3.8, 4) is 0 Å². The summed E-state index contributed by atoms with van der Waals surface area (Å²) in [5.74, 6) is 1.49. The predicted octanol–water partition coefficient (Wildman–Crippen LogP) is 4.04. The van der Waals surface area contributed by atoms with Crippen molar-refractivity contribution in [3.63, 3.8) is 0 Å². The monoisotopic (exact) mass is 325 g/mol. The van der Waals surface area contributed by atoms with E-state index in [0.29, 0.717) is 22.1 Å². The van der Waals surface area contributed by atoms with Gasteiger partial charge in [-0.3, -0.25) is 0 Å². The van der Waals surface area contributed by atoms with Gasteiger partial charge in [-0.05, 0) is 61.8 Å². The maximum absolute atomic E-state index is 6.24. The van der Waals surface area contributed by atoms with Crippen LogP contribution in [0.5, 0.6) is 0 Å². The van der Waals surface area contributed by atoms with E-state index in [4.69, 9.17) is 27.9 Å². The first-order valence-corrected chi connectivity index (χ1v) is 8.71. The zero-order valence-electron chi connectivity index (χ0n) is 12.1. The molecule has 1 aromatic rings. The number of nitrogens with one attached hydrogen (secondary N) is 1. The number of fused-ring (bicyclic) bond motifs is 1. The van der Waals surface area contributed by atoms with Crippen molar-refractivity contribution in [1.82, 2.24) is 5.32 Å². The quantitative estimate of drug-likeness (QED) is 0.902. The molecule has 1 saturated heterocycles. The normalized spacial score (nSPS) is 35.1. The van der Waals surface area contributed by atoms with Gasteiger partial charge in [0.25, 0.3) is 0 Å². The summed E-state index contributed by atoms with van der Waals surface area (Å²) in [5.41, 5.74) is 1.51. The molecule has 1 aliphatic heterocycles. The molecule has 2 saturated carbocycles. The lowest BCUT2D eigenvalue weighted by molar-refractivity contribution is 0.0446. The van der Waals surface area contributed by atoms with E-state index in [0.717, 1.165) is 32.0 Å². The zero-order chi connectivity index (χ0) is 14.4. The molecule has 0 aromatic heterocycles. The Morgan fingerprint density at radius 2 is 2.10 bits per heavy atom. The second kappa shape index (κ2) is 5.42. The molecule has 2 nitrogen and oxygen atoms in total. The molecule has 114 valence electrons. The fourth-order valence-electron chi connectivity index (χ4n) is 4.11. The van der Waals surface area contributed by atoms with Crippen molar-refractivity contribution in [3.05, 3.63) is 33.8 Å². The van der Waals surface area contributed by atoms with Gasteiger partial charge in [0, 0.05) is 18.6 Å². The van der Waals surface area contributed by atoms with Crippen molar-refractivity contribution >= 4 is 23.2 Å². The molecule has 1 aromatic carbocycles. The Labute approximate surface area is 136 Å². The molecule has 3 atom stereocenters. The third-order valence-electron chi connectivity index (χ3n) is 5.51. The van der Waals surface area contributed by atoms with Crippen molar-refractivity contribution in [1.29, 1.82) is 0 Å². The van der Waals surface area contributed by atoms with E-state index in [2.05, 4.69) is 17.4 Å². The summed E-state index contributed by atoms with van der Waals surface area (Å²) < 4.78 is 6.18. The van der Waals surface area contributed by atoms with Crippen LogP contribution in [-0.2, 0) is 10.2 Å². The first kappa shape index (κ1) is 14.3. The van der Waals surface area contributed by atoms with Gasteiger partial charge in [0.15, 0.2) is 0 Å². The average molecular weight is 326 g/mol. The van der Waals surface area contributed by atoms with Gasteiger partial charge in [0.2, 0.25) is 0 Å². The summed E-state index contributed by atoms with van der Waals surface area (Å²) in [4.78, 5) is 0. The topological polar surface area (TPSA) is 21.3 Å². The first-order valence-electron chi connectivity index (χ1n) is 7.95. The Balaban J connectivity index is 1.56. The number of hydrogen-bond donors (Lipinski definition) is 1. The molecule has 21 heavy (non-hydrogen) atoms. The number of halogens is 2. The molecule has 4 rings (SSSR count). The Hall–Kier alpha value is -0.280. The van der Waals surface area contributed by atoms with Gasteiger partial charge in [-0.1, -0.05) is 29.3 Å². The maximum Gasteiger partial charge on any atom is 0.0595 e. The third-order valence-corrected chi connectivity index (χ3v) is 6.25. The minimum atomic E-state index is 0.183. The van der Waals surface area contributed by atoms with Crippen LogP contribution in [0.2, 0.25) is 10.0 Å². The molecule has 4 heteroatoms. The van der Waals surface area contributed by atoms with Gasteiger partial charge in [0.05, 0.1) is 16.1 Å². The molecule has 1 heterocycles. The Bertz CT molecular complexity index is 546. The summed E-state index contributed by atoms with van der Waals surface area (Å²) in [7, 11) is 0. The van der Waals surface area contributed by atoms with E-state index in [1.165, 1.54) is 24.8 Å². The van der Waals surface area contributed by atoms with Crippen molar-refractivity contribution in [2.75, 3.05) is 19.7 Å². The van der Waals surface area contributed by atoms with Crippen LogP contribution in [0, 0.1) is 11.8 Å². The summed E-state index contributed by atoms with van der Waals surface area (Å²) in [5, 5.41) is 4.87. The molecule has 1 N–H and O–H groups in total. The highest BCUT2D eigenvalue weighted by Gasteiger charge is 2.51. The standard InChI is InChI=1S/C17H21Cl2NO/c18-15-4-3-12(6-16(15)19)17-7-14(21-9-11-1-2-11)5-13(17)8-20-10-17/h3-4,6,11,13-14,20H,1-2,5,7-10H2/t13?,14-,17+/m1/s1. The number of ether oxygens (including phenoxy) is 1. The van der Waals surface area contributed by atoms with Crippen LogP contribution in [0.3, 0.4) is 0 Å². The van der Waals surface area contributed by atoms with Gasteiger partial charge in [-0.2, -0.15) is 0 Å². The minimum Gasteiger partial charge on any atom is -0.378 e. The maximum atomic E-state index is 6.24. The van der Waals surface area contributed by atoms with Crippen LogP contribution in [0.25, 0.3) is 0 Å². The fraction of sp³-hybridized carbons (Fsp3) is 0.647. The van der Waals surface area contributed by atoms with Gasteiger partial charge in [0.1, 0.15) is 0 Å². The molecule has 0 radical (unpaired) electrons. The lowest BCUT2D eigenvalue weighted by atomic mass is 9.74. The molecule has 0 spiro atoms. The highest BCUT2D eigenvalue weighted by Crippen LogP contribution is 2.50. The average Bonchev–Trinajstić information content (AvgIpc) is 3.10. The van der Waals surface area contributed by atoms with Crippen molar-refractivity contribution in [2.45, 2.75) is 37.2 Å². The molecule has 0 bridgehead atoms. The fourth-order valence-corrected chi connectivity index (χ4v) is 4.41. The summed E-state index contributed by atoms with van der Waals surface area (Å²) >= 11 is 12.3. The summed E-state index contributed by atoms with van der Waals surface area (Å²) in [6, 6.07) is 6.15. The molecule has 0 amide bonds. The molecule has 2 aliphatic carbocycles. The third kappa shape index (κ3) is 2.61.